The molecular weight excluding hydrogens is 912 g/mol. The lowest BCUT2D eigenvalue weighted by Gasteiger charge is -2.25. The van der Waals surface area contributed by atoms with Crippen LogP contribution in [-0.2, 0) is 18.4 Å². The molecule has 0 heterocycles. The van der Waals surface area contributed by atoms with E-state index in [1.807, 2.05) is 27.2 Å². The zero-order valence-corrected chi connectivity index (χ0v) is 49.6. The van der Waals surface area contributed by atoms with Crippen molar-refractivity contribution in [3.8, 4) is 0 Å². The lowest BCUT2D eigenvalue weighted by molar-refractivity contribution is -0.870. The number of likely N-dealkylation sites (N-methyl/N-ethyl adjacent to an activating group) is 1. The fraction of sp³-hybridized carbons (Fsp3) is 0.889. The second kappa shape index (κ2) is 54.5. The standard InChI is InChI=1S/C63H123N2O6P/c1-6-8-10-12-14-16-18-20-22-24-26-28-29-30-31-32-33-34-35-37-39-41-43-45-47-49-51-53-55-57-63(67)64-61(60-71-72(68,69)70-59-58-65(3,4)5)62(66)56-54-52-50-48-46-44-42-40-38-36-27-25-23-21-19-17-15-13-11-9-7-2/h38,40,46,48,54,56,61-62,66H,6-37,39,41-45,47,49-53,55,57-60H2,1-5H3,(H-,64,67,68,69)/p+1/b40-38+,48-46+,56-54+. The second-order valence-electron chi connectivity index (χ2n) is 22.8. The number of unbranched alkanes of at least 4 members (excludes halogenated alkanes) is 41. The van der Waals surface area contributed by atoms with Crippen molar-refractivity contribution in [1.29, 1.82) is 0 Å². The Morgan fingerprint density at radius 1 is 0.458 bits per heavy atom. The number of nitrogens with one attached hydrogen (secondary N) is 1. The van der Waals surface area contributed by atoms with E-state index < -0.39 is 20.0 Å². The molecule has 0 aromatic rings. The first-order valence-electron chi connectivity index (χ1n) is 31.4. The average Bonchev–Trinajstić information content (AvgIpc) is 3.34. The fourth-order valence-electron chi connectivity index (χ4n) is 9.43. The molecule has 3 N–H and O–H groups in total. The van der Waals surface area contributed by atoms with Gasteiger partial charge in [-0.25, -0.2) is 4.57 Å². The highest BCUT2D eigenvalue weighted by molar-refractivity contribution is 7.47. The van der Waals surface area contributed by atoms with Crippen LogP contribution in [0.15, 0.2) is 36.5 Å². The van der Waals surface area contributed by atoms with E-state index >= 15 is 0 Å². The predicted molar refractivity (Wildman–Crippen MR) is 314 cm³/mol. The van der Waals surface area contributed by atoms with Crippen molar-refractivity contribution < 1.29 is 32.9 Å². The molecule has 0 saturated heterocycles. The molecule has 0 aromatic carbocycles. The van der Waals surface area contributed by atoms with E-state index in [0.29, 0.717) is 17.4 Å². The normalized spacial score (nSPS) is 14.0. The third-order valence-electron chi connectivity index (χ3n) is 14.3. The molecule has 0 spiro atoms. The van der Waals surface area contributed by atoms with Crippen LogP contribution in [0.1, 0.15) is 309 Å². The van der Waals surface area contributed by atoms with Crippen LogP contribution in [0.4, 0.5) is 0 Å². The van der Waals surface area contributed by atoms with Crippen molar-refractivity contribution in [2.24, 2.45) is 0 Å². The number of carbonyl (C=O) groups is 1. The highest BCUT2D eigenvalue weighted by atomic mass is 31.2. The van der Waals surface area contributed by atoms with Gasteiger partial charge in [0.15, 0.2) is 0 Å². The molecule has 0 saturated carbocycles. The summed E-state index contributed by atoms with van der Waals surface area (Å²) in [6, 6.07) is -0.868. The number of aliphatic hydroxyl groups is 1. The summed E-state index contributed by atoms with van der Waals surface area (Å²) in [5.41, 5.74) is 0. The van der Waals surface area contributed by atoms with Crippen LogP contribution in [0.25, 0.3) is 0 Å². The minimum Gasteiger partial charge on any atom is -0.387 e. The number of allylic oxidation sites excluding steroid dienone is 5. The van der Waals surface area contributed by atoms with E-state index in [0.717, 1.165) is 44.9 Å². The first-order chi connectivity index (χ1) is 35.0. The van der Waals surface area contributed by atoms with E-state index in [1.165, 1.54) is 244 Å². The number of hydrogen-bond acceptors (Lipinski definition) is 5. The van der Waals surface area contributed by atoms with Gasteiger partial charge in [-0.3, -0.25) is 13.8 Å². The smallest absolute Gasteiger partial charge is 0.387 e. The van der Waals surface area contributed by atoms with Crippen LogP contribution >= 0.6 is 7.82 Å². The Morgan fingerprint density at radius 3 is 1.11 bits per heavy atom. The zero-order chi connectivity index (χ0) is 52.7. The number of hydrogen-bond donors (Lipinski definition) is 3. The van der Waals surface area contributed by atoms with Gasteiger partial charge in [0.05, 0.1) is 39.9 Å². The number of phosphoric ester groups is 1. The number of aliphatic hydroxyl groups excluding tert-OH is 1. The molecule has 9 heteroatoms. The molecule has 0 rings (SSSR count). The summed E-state index contributed by atoms with van der Waals surface area (Å²) in [6.07, 6.45) is 71.3. The second-order valence-corrected chi connectivity index (χ2v) is 24.2. The highest BCUT2D eigenvalue weighted by Crippen LogP contribution is 2.43. The molecule has 0 aromatic heterocycles. The van der Waals surface area contributed by atoms with Gasteiger partial charge in [-0.05, 0) is 44.9 Å². The van der Waals surface area contributed by atoms with E-state index in [1.54, 1.807) is 6.08 Å². The molecule has 8 nitrogen and oxygen atoms in total. The Bertz CT molecular complexity index is 1270. The maximum absolute atomic E-state index is 13.0. The molecule has 0 aliphatic rings. The lowest BCUT2D eigenvalue weighted by atomic mass is 10.0. The van der Waals surface area contributed by atoms with Gasteiger partial charge in [0, 0.05) is 6.42 Å². The third kappa shape index (κ3) is 56.4. The highest BCUT2D eigenvalue weighted by Gasteiger charge is 2.27. The van der Waals surface area contributed by atoms with E-state index in [4.69, 9.17) is 9.05 Å². The largest absolute Gasteiger partial charge is 0.472 e. The van der Waals surface area contributed by atoms with Crippen molar-refractivity contribution in [3.63, 3.8) is 0 Å². The number of amides is 1. The van der Waals surface area contributed by atoms with E-state index in [-0.39, 0.29) is 19.1 Å². The summed E-state index contributed by atoms with van der Waals surface area (Å²) in [5, 5.41) is 13.9. The fourth-order valence-corrected chi connectivity index (χ4v) is 10.2. The molecule has 0 aliphatic heterocycles. The van der Waals surface area contributed by atoms with Crippen molar-refractivity contribution in [2.45, 2.75) is 321 Å². The molecule has 1 amide bonds. The summed E-state index contributed by atoms with van der Waals surface area (Å²) in [4.78, 5) is 23.3. The van der Waals surface area contributed by atoms with Gasteiger partial charge in [0.2, 0.25) is 5.91 Å². The molecule has 426 valence electrons. The third-order valence-corrected chi connectivity index (χ3v) is 15.3. The van der Waals surface area contributed by atoms with Crippen molar-refractivity contribution >= 4 is 13.7 Å². The van der Waals surface area contributed by atoms with Crippen LogP contribution in [0.3, 0.4) is 0 Å². The Labute approximate surface area is 448 Å². The van der Waals surface area contributed by atoms with Crippen molar-refractivity contribution in [1.82, 2.24) is 5.32 Å². The number of phosphoric acid groups is 1. The molecule has 72 heavy (non-hydrogen) atoms. The van der Waals surface area contributed by atoms with E-state index in [2.05, 4.69) is 43.5 Å². The first kappa shape index (κ1) is 70.7. The van der Waals surface area contributed by atoms with Crippen LogP contribution in [0.2, 0.25) is 0 Å². The maximum Gasteiger partial charge on any atom is 0.472 e. The maximum atomic E-state index is 13.0. The number of carbonyl (C=O) groups excluding carboxylic acids is 1. The predicted octanol–water partition coefficient (Wildman–Crippen LogP) is 19.3. The Kier molecular flexibility index (Phi) is 53.5. The number of rotatable bonds is 58. The Morgan fingerprint density at radius 2 is 0.764 bits per heavy atom. The van der Waals surface area contributed by atoms with Crippen LogP contribution in [0.5, 0.6) is 0 Å². The number of quaternary nitrogens is 1. The van der Waals surface area contributed by atoms with Gasteiger partial charge in [0.25, 0.3) is 0 Å². The summed E-state index contributed by atoms with van der Waals surface area (Å²) in [5.74, 6) is -0.185. The minimum atomic E-state index is -4.36. The molecule has 0 bridgehead atoms. The summed E-state index contributed by atoms with van der Waals surface area (Å²) < 4.78 is 23.7. The van der Waals surface area contributed by atoms with Gasteiger partial charge in [-0.1, -0.05) is 294 Å². The Balaban J connectivity index is 4.14. The topological polar surface area (TPSA) is 105 Å². The lowest BCUT2D eigenvalue weighted by Crippen LogP contribution is -2.45. The molecule has 0 radical (unpaired) electrons. The SMILES string of the molecule is CCCCCCCCCCCCC/C=C/CC/C=C/CC/C=C/C(O)C(COP(=O)(O)OCC[N+](C)(C)C)NC(=O)CCCCCCCCCCCCCCCCCCCCCCCCCCCCCCC. The quantitative estimate of drug-likeness (QED) is 0.0243. The van der Waals surface area contributed by atoms with Crippen LogP contribution in [-0.4, -0.2) is 73.4 Å². The average molecular weight is 1040 g/mol. The van der Waals surface area contributed by atoms with Gasteiger partial charge >= 0.3 is 7.82 Å². The molecule has 0 aliphatic carbocycles. The van der Waals surface area contributed by atoms with Gasteiger partial charge in [0.1, 0.15) is 13.2 Å². The molecule has 3 atom stereocenters. The van der Waals surface area contributed by atoms with E-state index in [9.17, 15) is 19.4 Å². The molecule has 0 fully saturated rings. The number of nitrogens with zero attached hydrogens (tertiary/aromatic N) is 1. The molecular formula is C63H124N2O6P+. The summed E-state index contributed by atoms with van der Waals surface area (Å²) in [7, 11) is 1.56. The first-order valence-corrected chi connectivity index (χ1v) is 32.9. The Hall–Kier alpha value is -1.28. The van der Waals surface area contributed by atoms with Gasteiger partial charge < -0.3 is 19.8 Å². The van der Waals surface area contributed by atoms with Gasteiger partial charge in [-0.2, -0.15) is 0 Å². The minimum absolute atomic E-state index is 0.0552. The van der Waals surface area contributed by atoms with Gasteiger partial charge in [-0.15, -0.1) is 0 Å². The molecule has 3 unspecified atom stereocenters. The van der Waals surface area contributed by atoms with Crippen molar-refractivity contribution in [2.75, 3.05) is 40.9 Å². The zero-order valence-electron chi connectivity index (χ0n) is 48.7. The monoisotopic (exact) mass is 1040 g/mol. The summed E-state index contributed by atoms with van der Waals surface area (Å²) in [6.45, 7) is 4.83. The van der Waals surface area contributed by atoms with Crippen molar-refractivity contribution in [3.05, 3.63) is 36.5 Å². The summed E-state index contributed by atoms with van der Waals surface area (Å²) >= 11 is 0. The van der Waals surface area contributed by atoms with Crippen LogP contribution < -0.4 is 5.32 Å². The van der Waals surface area contributed by atoms with Crippen LogP contribution in [0, 0.1) is 0 Å².